The molecule has 0 N–H and O–H groups in total. The molecule has 0 fully saturated rings. The van der Waals surface area contributed by atoms with Crippen LogP contribution in [0, 0.1) is 11.9 Å². The maximum atomic E-state index is 12.3. The molecule has 0 aliphatic rings. The first kappa shape index (κ1) is 6.58. The number of nitrogens with zero attached hydrogens (tertiary/aromatic N) is 3. The summed E-state index contributed by atoms with van der Waals surface area (Å²) in [5, 5.41) is 3.15. The fourth-order valence-corrected chi connectivity index (χ4v) is 0.533. The highest BCUT2D eigenvalue weighted by molar-refractivity contribution is 5.34. The van der Waals surface area contributed by atoms with E-state index >= 15 is 0 Å². The Balaban J connectivity index is 3.06. The normalized spacial score (nSPS) is 8.50. The summed E-state index contributed by atoms with van der Waals surface area (Å²) in [6, 6.07) is 6.25. The quantitative estimate of drug-likeness (QED) is 0.323. The third kappa shape index (κ3) is 1.47. The van der Waals surface area contributed by atoms with Crippen LogP contribution in [0.3, 0.4) is 0 Å². The Morgan fingerprint density at radius 2 is 2.50 bits per heavy atom. The molecular weight excluding hydrogens is 133 g/mol. The van der Waals surface area contributed by atoms with Gasteiger partial charge in [0.1, 0.15) is 5.82 Å². The zero-order valence-electron chi connectivity index (χ0n) is 4.95. The third-order valence-corrected chi connectivity index (χ3v) is 0.901. The van der Waals surface area contributed by atoms with E-state index in [2.05, 4.69) is 16.1 Å². The number of rotatable bonds is 1. The summed E-state index contributed by atoms with van der Waals surface area (Å²) in [4.78, 5) is 2.47. The van der Waals surface area contributed by atoms with Gasteiger partial charge in [0.05, 0.1) is 0 Å². The first-order valence-electron chi connectivity index (χ1n) is 2.55. The second kappa shape index (κ2) is 2.85. The van der Waals surface area contributed by atoms with Crippen molar-refractivity contribution in [2.75, 3.05) is 0 Å². The Hall–Kier alpha value is -1.54. The van der Waals surface area contributed by atoms with Crippen molar-refractivity contribution >= 4 is 5.69 Å². The summed E-state index contributed by atoms with van der Waals surface area (Å²) in [7, 11) is 0. The molecule has 10 heavy (non-hydrogen) atoms. The molecule has 0 bridgehead atoms. The topological polar surface area (TPSA) is 48.8 Å². The zero-order chi connectivity index (χ0) is 7.40. The minimum Gasteiger partial charge on any atom is -0.207 e. The molecular formula is C6H3FN3. The predicted molar refractivity (Wildman–Crippen MR) is 34.0 cm³/mol. The van der Waals surface area contributed by atoms with Crippen molar-refractivity contribution < 1.29 is 4.39 Å². The summed E-state index contributed by atoms with van der Waals surface area (Å²) in [5.74, 6) is -0.429. The molecule has 1 radical (unpaired) electrons. The lowest BCUT2D eigenvalue weighted by Crippen LogP contribution is -1.68. The van der Waals surface area contributed by atoms with Crippen LogP contribution in [-0.4, -0.2) is 0 Å². The van der Waals surface area contributed by atoms with E-state index in [4.69, 9.17) is 5.53 Å². The van der Waals surface area contributed by atoms with Crippen molar-refractivity contribution in [3.8, 4) is 0 Å². The highest BCUT2D eigenvalue weighted by atomic mass is 19.1. The molecule has 3 nitrogen and oxygen atoms in total. The van der Waals surface area contributed by atoms with Gasteiger partial charge in [0.15, 0.2) is 0 Å². The third-order valence-electron chi connectivity index (χ3n) is 0.901. The van der Waals surface area contributed by atoms with Crippen molar-refractivity contribution in [3.63, 3.8) is 0 Å². The van der Waals surface area contributed by atoms with Crippen LogP contribution in [0.2, 0.25) is 0 Å². The lowest BCUT2D eigenvalue weighted by molar-refractivity contribution is 0.628. The Morgan fingerprint density at radius 3 is 3.10 bits per heavy atom. The smallest absolute Gasteiger partial charge is 0.123 e. The van der Waals surface area contributed by atoms with E-state index in [1.165, 1.54) is 12.1 Å². The highest BCUT2D eigenvalue weighted by Gasteiger charge is 1.89. The van der Waals surface area contributed by atoms with Gasteiger partial charge in [0.25, 0.3) is 0 Å². The van der Waals surface area contributed by atoms with Gasteiger partial charge in [-0.25, -0.2) is 4.39 Å². The molecule has 0 aliphatic heterocycles. The van der Waals surface area contributed by atoms with Crippen molar-refractivity contribution in [3.05, 3.63) is 40.5 Å². The van der Waals surface area contributed by atoms with E-state index in [1.807, 2.05) is 0 Å². The van der Waals surface area contributed by atoms with Gasteiger partial charge in [-0.1, -0.05) is 11.2 Å². The van der Waals surface area contributed by atoms with Gasteiger partial charge in [-0.05, 0) is 23.7 Å². The number of hydrogen-bond acceptors (Lipinski definition) is 1. The SMILES string of the molecule is [N-]=[N+]=Nc1[c]ccc(F)c1. The zero-order valence-corrected chi connectivity index (χ0v) is 4.95. The fourth-order valence-electron chi connectivity index (χ4n) is 0.533. The molecule has 1 aromatic rings. The number of benzene rings is 1. The minimum absolute atomic E-state index is 0.169. The first-order chi connectivity index (χ1) is 4.83. The van der Waals surface area contributed by atoms with E-state index in [9.17, 15) is 4.39 Å². The second-order valence-corrected chi connectivity index (χ2v) is 1.58. The van der Waals surface area contributed by atoms with Crippen LogP contribution in [0.25, 0.3) is 10.4 Å². The highest BCUT2D eigenvalue weighted by Crippen LogP contribution is 2.11. The van der Waals surface area contributed by atoms with Crippen LogP contribution in [0.4, 0.5) is 10.1 Å². The molecule has 0 spiro atoms. The van der Waals surface area contributed by atoms with Crippen LogP contribution in [0.1, 0.15) is 0 Å². The molecule has 4 heteroatoms. The molecule has 0 saturated heterocycles. The molecule has 49 valence electrons. The van der Waals surface area contributed by atoms with Crippen LogP contribution in [0.5, 0.6) is 0 Å². The second-order valence-electron chi connectivity index (χ2n) is 1.58. The molecule has 0 amide bonds. The van der Waals surface area contributed by atoms with Gasteiger partial charge in [0.2, 0.25) is 0 Å². The van der Waals surface area contributed by atoms with E-state index in [0.717, 1.165) is 6.07 Å². The van der Waals surface area contributed by atoms with Gasteiger partial charge >= 0.3 is 0 Å². The van der Waals surface area contributed by atoms with Crippen molar-refractivity contribution in [2.45, 2.75) is 0 Å². The Kier molecular flexibility index (Phi) is 1.87. The van der Waals surface area contributed by atoms with Crippen molar-refractivity contribution in [2.24, 2.45) is 5.11 Å². The van der Waals surface area contributed by atoms with E-state index < -0.39 is 5.82 Å². The number of hydrogen-bond donors (Lipinski definition) is 0. The molecule has 0 atom stereocenters. The van der Waals surface area contributed by atoms with Crippen LogP contribution in [-0.2, 0) is 0 Å². The summed E-state index contributed by atoms with van der Waals surface area (Å²) < 4.78 is 12.3. The summed E-state index contributed by atoms with van der Waals surface area (Å²) in [6.45, 7) is 0. The summed E-state index contributed by atoms with van der Waals surface area (Å²) in [5.41, 5.74) is 8.10. The Labute approximate surface area is 56.7 Å². The molecule has 0 saturated carbocycles. The number of halogens is 1. The summed E-state index contributed by atoms with van der Waals surface area (Å²) in [6.07, 6.45) is 0. The maximum Gasteiger partial charge on any atom is 0.123 e. The minimum atomic E-state index is -0.429. The van der Waals surface area contributed by atoms with E-state index in [-0.39, 0.29) is 5.69 Å². The van der Waals surface area contributed by atoms with E-state index in [1.54, 1.807) is 0 Å². The predicted octanol–water partition coefficient (Wildman–Crippen LogP) is 2.57. The lowest BCUT2D eigenvalue weighted by Gasteiger charge is -1.87. The maximum absolute atomic E-state index is 12.3. The standard InChI is InChI=1S/C6H3FN3/c7-5-2-1-3-6(4-5)9-10-8/h1-2,4H. The van der Waals surface area contributed by atoms with Gasteiger partial charge in [0, 0.05) is 10.6 Å². The average Bonchev–Trinajstić information content (AvgIpc) is 1.88. The van der Waals surface area contributed by atoms with Crippen LogP contribution >= 0.6 is 0 Å². The van der Waals surface area contributed by atoms with Gasteiger partial charge < -0.3 is 0 Å². The summed E-state index contributed by atoms with van der Waals surface area (Å²) >= 11 is 0. The van der Waals surface area contributed by atoms with Crippen molar-refractivity contribution in [1.82, 2.24) is 0 Å². The molecule has 1 rings (SSSR count). The number of azide groups is 1. The largest absolute Gasteiger partial charge is 0.207 e. The molecule has 0 aromatic heterocycles. The fraction of sp³-hybridized carbons (Fsp3) is 0. The van der Waals surface area contributed by atoms with Gasteiger partial charge in [-0.15, -0.1) is 0 Å². The van der Waals surface area contributed by atoms with Gasteiger partial charge in [-0.3, -0.25) is 0 Å². The van der Waals surface area contributed by atoms with Crippen LogP contribution < -0.4 is 0 Å². The molecule has 0 unspecified atom stereocenters. The lowest BCUT2D eigenvalue weighted by atomic mass is 10.3. The Bertz CT molecular complexity index is 278. The van der Waals surface area contributed by atoms with Gasteiger partial charge in [-0.2, -0.15) is 0 Å². The van der Waals surface area contributed by atoms with Crippen molar-refractivity contribution in [1.29, 1.82) is 0 Å². The first-order valence-corrected chi connectivity index (χ1v) is 2.55. The van der Waals surface area contributed by atoms with Crippen LogP contribution in [0.15, 0.2) is 23.3 Å². The molecule has 0 heterocycles. The van der Waals surface area contributed by atoms with E-state index in [0.29, 0.717) is 0 Å². The molecule has 0 aliphatic carbocycles. The molecule has 1 aromatic carbocycles. The monoisotopic (exact) mass is 136 g/mol. The average molecular weight is 136 g/mol. The Morgan fingerprint density at radius 1 is 1.70 bits per heavy atom.